The fraction of sp³-hybridized carbons (Fsp3) is 0.261. The highest BCUT2D eigenvalue weighted by Crippen LogP contribution is 2.24. The van der Waals surface area contributed by atoms with E-state index in [1.54, 1.807) is 6.26 Å². The minimum Gasteiger partial charge on any atom is -0.461 e. The SMILES string of the molecule is O[C@@H]1CN(Cc2cnc(-c3ccco3)nc2)C[C@H]1Cc1ccc2ccccc2n1. The smallest absolute Gasteiger partial charge is 0.195 e. The molecule has 29 heavy (non-hydrogen) atoms. The fourth-order valence-electron chi connectivity index (χ4n) is 3.99. The minimum atomic E-state index is -0.355. The Morgan fingerprint density at radius 3 is 2.69 bits per heavy atom. The molecule has 4 aromatic rings. The zero-order chi connectivity index (χ0) is 19.6. The van der Waals surface area contributed by atoms with Crippen LogP contribution >= 0.6 is 0 Å². The van der Waals surface area contributed by atoms with Gasteiger partial charge in [-0.2, -0.15) is 0 Å². The molecule has 0 spiro atoms. The maximum Gasteiger partial charge on any atom is 0.195 e. The molecule has 0 aliphatic carbocycles. The molecule has 6 heteroatoms. The molecule has 0 bridgehead atoms. The van der Waals surface area contributed by atoms with Crippen molar-refractivity contribution >= 4 is 10.9 Å². The van der Waals surface area contributed by atoms with E-state index in [4.69, 9.17) is 9.40 Å². The van der Waals surface area contributed by atoms with Gasteiger partial charge in [-0.1, -0.05) is 24.3 Å². The van der Waals surface area contributed by atoms with Crippen LogP contribution in [0.25, 0.3) is 22.5 Å². The molecule has 3 aromatic heterocycles. The molecule has 0 amide bonds. The molecule has 1 fully saturated rings. The molecule has 0 radical (unpaired) electrons. The van der Waals surface area contributed by atoms with E-state index in [0.29, 0.717) is 18.1 Å². The first-order valence-corrected chi connectivity index (χ1v) is 9.84. The lowest BCUT2D eigenvalue weighted by atomic mass is 9.99. The van der Waals surface area contributed by atoms with Crippen LogP contribution in [0.1, 0.15) is 11.3 Å². The van der Waals surface area contributed by atoms with E-state index >= 15 is 0 Å². The van der Waals surface area contributed by atoms with E-state index in [2.05, 4.69) is 33.1 Å². The van der Waals surface area contributed by atoms with Gasteiger partial charge < -0.3 is 9.52 Å². The van der Waals surface area contributed by atoms with Crippen LogP contribution in [0.15, 0.2) is 71.6 Å². The van der Waals surface area contributed by atoms with Crippen molar-refractivity contribution in [1.82, 2.24) is 19.9 Å². The third-order valence-electron chi connectivity index (χ3n) is 5.46. The number of aliphatic hydroxyl groups excluding tert-OH is 1. The van der Waals surface area contributed by atoms with Crippen molar-refractivity contribution in [3.63, 3.8) is 0 Å². The number of likely N-dealkylation sites (tertiary alicyclic amines) is 1. The van der Waals surface area contributed by atoms with E-state index in [0.717, 1.165) is 41.7 Å². The highest BCUT2D eigenvalue weighted by atomic mass is 16.3. The number of aliphatic hydroxyl groups is 1. The molecule has 1 aromatic carbocycles. The van der Waals surface area contributed by atoms with Gasteiger partial charge in [-0.15, -0.1) is 0 Å². The Balaban J connectivity index is 1.23. The molecule has 1 N–H and O–H groups in total. The third kappa shape index (κ3) is 3.90. The zero-order valence-electron chi connectivity index (χ0n) is 16.0. The van der Waals surface area contributed by atoms with Gasteiger partial charge in [0.2, 0.25) is 0 Å². The number of fused-ring (bicyclic) bond motifs is 1. The molecular formula is C23H22N4O2. The van der Waals surface area contributed by atoms with E-state index in [9.17, 15) is 5.11 Å². The molecular weight excluding hydrogens is 364 g/mol. The summed E-state index contributed by atoms with van der Waals surface area (Å²) in [5.74, 6) is 1.42. The van der Waals surface area contributed by atoms with Crippen molar-refractivity contribution in [2.45, 2.75) is 19.1 Å². The predicted molar refractivity (Wildman–Crippen MR) is 110 cm³/mol. The van der Waals surface area contributed by atoms with Crippen molar-refractivity contribution < 1.29 is 9.52 Å². The summed E-state index contributed by atoms with van der Waals surface area (Å²) in [7, 11) is 0. The Morgan fingerprint density at radius 2 is 1.86 bits per heavy atom. The molecule has 4 heterocycles. The number of β-amino-alcohol motifs (C(OH)–C–C–N with tert-alkyl or cyclic N) is 1. The Hall–Kier alpha value is -3.09. The van der Waals surface area contributed by atoms with Gasteiger partial charge in [0.1, 0.15) is 0 Å². The van der Waals surface area contributed by atoms with E-state index in [1.807, 2.05) is 42.7 Å². The van der Waals surface area contributed by atoms with Gasteiger partial charge in [0.25, 0.3) is 0 Å². The van der Waals surface area contributed by atoms with Crippen LogP contribution in [0.2, 0.25) is 0 Å². The van der Waals surface area contributed by atoms with Crippen LogP contribution in [0.3, 0.4) is 0 Å². The van der Waals surface area contributed by atoms with Crippen LogP contribution < -0.4 is 0 Å². The van der Waals surface area contributed by atoms with Crippen LogP contribution in [-0.2, 0) is 13.0 Å². The molecule has 1 saturated heterocycles. The van der Waals surface area contributed by atoms with Gasteiger partial charge in [0.15, 0.2) is 11.6 Å². The van der Waals surface area contributed by atoms with Gasteiger partial charge in [-0.25, -0.2) is 9.97 Å². The highest BCUT2D eigenvalue weighted by molar-refractivity contribution is 5.78. The zero-order valence-corrected chi connectivity index (χ0v) is 16.0. The summed E-state index contributed by atoms with van der Waals surface area (Å²) in [6.45, 7) is 2.20. The standard InChI is InChI=1S/C23H22N4O2/c28-21-15-27(13-16-11-24-23(25-12-16)22-6-3-9-29-22)14-18(21)10-19-8-7-17-4-1-2-5-20(17)26-19/h1-9,11-12,18,21,28H,10,13-15H2/t18-,21-/m1/s1. The van der Waals surface area contributed by atoms with Gasteiger partial charge >= 0.3 is 0 Å². The van der Waals surface area contributed by atoms with Gasteiger partial charge in [-0.05, 0) is 30.7 Å². The molecule has 1 aliphatic heterocycles. The number of pyridine rings is 1. The number of nitrogens with zero attached hydrogens (tertiary/aromatic N) is 4. The fourth-order valence-corrected chi connectivity index (χ4v) is 3.99. The lowest BCUT2D eigenvalue weighted by Crippen LogP contribution is -2.21. The number of hydrogen-bond donors (Lipinski definition) is 1. The summed E-state index contributed by atoms with van der Waals surface area (Å²) in [5, 5.41) is 11.7. The van der Waals surface area contributed by atoms with Crippen molar-refractivity contribution in [2.24, 2.45) is 5.92 Å². The van der Waals surface area contributed by atoms with Gasteiger partial charge in [0.05, 0.1) is 17.9 Å². The summed E-state index contributed by atoms with van der Waals surface area (Å²) < 4.78 is 5.33. The second-order valence-corrected chi connectivity index (χ2v) is 7.61. The highest BCUT2D eigenvalue weighted by Gasteiger charge is 2.31. The average Bonchev–Trinajstić information content (AvgIpc) is 3.39. The monoisotopic (exact) mass is 386 g/mol. The quantitative estimate of drug-likeness (QED) is 0.567. The van der Waals surface area contributed by atoms with Crippen molar-refractivity contribution in [3.8, 4) is 11.6 Å². The molecule has 0 unspecified atom stereocenters. The van der Waals surface area contributed by atoms with Crippen LogP contribution in [0.5, 0.6) is 0 Å². The van der Waals surface area contributed by atoms with Crippen molar-refractivity contribution in [3.05, 3.63) is 78.4 Å². The summed E-state index contributed by atoms with van der Waals surface area (Å²) in [4.78, 5) is 15.8. The maximum absolute atomic E-state index is 10.6. The van der Waals surface area contributed by atoms with Crippen LogP contribution in [0.4, 0.5) is 0 Å². The molecule has 2 atom stereocenters. The number of furan rings is 1. The number of benzene rings is 1. The van der Waals surface area contributed by atoms with E-state index < -0.39 is 0 Å². The van der Waals surface area contributed by atoms with E-state index in [-0.39, 0.29) is 12.0 Å². The number of rotatable bonds is 5. The third-order valence-corrected chi connectivity index (χ3v) is 5.46. The molecule has 6 nitrogen and oxygen atoms in total. The molecule has 5 rings (SSSR count). The lowest BCUT2D eigenvalue weighted by molar-refractivity contribution is 0.140. The predicted octanol–water partition coefficient (Wildman–Crippen LogP) is 3.32. The van der Waals surface area contributed by atoms with Crippen LogP contribution in [-0.4, -0.2) is 44.2 Å². The Labute approximate surface area is 168 Å². The van der Waals surface area contributed by atoms with Crippen molar-refractivity contribution in [2.75, 3.05) is 13.1 Å². The largest absolute Gasteiger partial charge is 0.461 e. The summed E-state index contributed by atoms with van der Waals surface area (Å²) in [5.41, 5.74) is 3.06. The maximum atomic E-state index is 10.6. The second kappa shape index (κ2) is 7.73. The molecule has 0 saturated carbocycles. The van der Waals surface area contributed by atoms with Crippen molar-refractivity contribution in [1.29, 1.82) is 0 Å². The number of aromatic nitrogens is 3. The first-order valence-electron chi connectivity index (χ1n) is 9.84. The Kier molecular flexibility index (Phi) is 4.79. The molecule has 1 aliphatic rings. The summed E-state index contributed by atoms with van der Waals surface area (Å²) in [6, 6.07) is 16.0. The first kappa shape index (κ1) is 18.0. The van der Waals surface area contributed by atoms with Gasteiger partial charge in [0, 0.05) is 54.6 Å². The minimum absolute atomic E-state index is 0.173. The first-order chi connectivity index (χ1) is 14.2. The van der Waals surface area contributed by atoms with E-state index in [1.165, 1.54) is 0 Å². The van der Waals surface area contributed by atoms with Gasteiger partial charge in [-0.3, -0.25) is 9.88 Å². The Morgan fingerprint density at radius 1 is 1.00 bits per heavy atom. The average molecular weight is 386 g/mol. The number of para-hydroxylation sites is 1. The topological polar surface area (TPSA) is 75.3 Å². The normalized spacial score (nSPS) is 19.8. The summed E-state index contributed by atoms with van der Waals surface area (Å²) >= 11 is 0. The molecule has 146 valence electrons. The number of hydrogen-bond acceptors (Lipinski definition) is 6. The second-order valence-electron chi connectivity index (χ2n) is 7.61. The lowest BCUT2D eigenvalue weighted by Gasteiger charge is -2.15. The van der Waals surface area contributed by atoms with Crippen LogP contribution in [0, 0.1) is 5.92 Å². The Bertz CT molecular complexity index is 1100. The summed E-state index contributed by atoms with van der Waals surface area (Å²) in [6.07, 6.45) is 5.69.